The molecule has 2 aliphatic rings. The van der Waals surface area contributed by atoms with Gasteiger partial charge in [0.2, 0.25) is 16.9 Å². The van der Waals surface area contributed by atoms with Crippen LogP contribution in [0, 0.1) is 0 Å². The summed E-state index contributed by atoms with van der Waals surface area (Å²) < 4.78 is 0. The smallest absolute Gasteiger partial charge is 0.327 e. The summed E-state index contributed by atoms with van der Waals surface area (Å²) in [5.74, 6) is -1.96. The van der Waals surface area contributed by atoms with E-state index >= 15 is 0 Å². The number of amides is 2. The highest BCUT2D eigenvalue weighted by Crippen LogP contribution is 2.39. The fourth-order valence-electron chi connectivity index (χ4n) is 4.92. The number of nitrogens with zero attached hydrogens (tertiary/aromatic N) is 2. The van der Waals surface area contributed by atoms with E-state index < -0.39 is 35.1 Å². The molecular formula is C28H25N3O5S. The first kappa shape index (κ1) is 24.7. The summed E-state index contributed by atoms with van der Waals surface area (Å²) in [6.07, 6.45) is 4.40. The minimum absolute atomic E-state index is 0.233. The van der Waals surface area contributed by atoms with Crippen molar-refractivity contribution < 1.29 is 24.3 Å². The molecule has 8 nitrogen and oxygen atoms in total. The molecule has 0 spiro atoms. The molecule has 37 heavy (non-hydrogen) atoms. The van der Waals surface area contributed by atoms with E-state index in [9.17, 15) is 24.3 Å². The first-order chi connectivity index (χ1) is 17.9. The molecule has 0 saturated heterocycles. The number of carboxylic acids is 1. The number of carbonyl (C=O) groups is 4. The Morgan fingerprint density at radius 3 is 2.57 bits per heavy atom. The van der Waals surface area contributed by atoms with Gasteiger partial charge in [0.05, 0.1) is 10.9 Å². The minimum atomic E-state index is -1.08. The first-order valence-corrected chi connectivity index (χ1v) is 12.9. The van der Waals surface area contributed by atoms with Crippen molar-refractivity contribution in [2.45, 2.75) is 43.0 Å². The van der Waals surface area contributed by atoms with Gasteiger partial charge in [-0.25, -0.2) is 4.79 Å². The van der Waals surface area contributed by atoms with Gasteiger partial charge in [-0.05, 0) is 48.1 Å². The lowest BCUT2D eigenvalue weighted by atomic mass is 10.0. The lowest BCUT2D eigenvalue weighted by Gasteiger charge is -2.27. The van der Waals surface area contributed by atoms with Crippen molar-refractivity contribution in [2.75, 3.05) is 4.90 Å². The second kappa shape index (κ2) is 10.6. The van der Waals surface area contributed by atoms with Gasteiger partial charge >= 0.3 is 5.97 Å². The molecule has 0 radical (unpaired) electrons. The number of aromatic nitrogens is 1. The standard InChI is InChI=1S/C28H25N3O5S/c32-25(23(14-17-6-2-1-3-7-17)37-28(36)20-10-5-13-29-16-20)30-21-12-11-18-8-4-9-19-15-22(27(34)35)31(24(18)19)26(21)33/h1-10,13,16,21-23H,11-12,14-15H2,(H,30,32)(H,34,35)/t21?,22-,23-/m0/s1. The van der Waals surface area contributed by atoms with Gasteiger partial charge < -0.3 is 10.4 Å². The molecule has 2 N–H and O–H groups in total. The van der Waals surface area contributed by atoms with Gasteiger partial charge in [-0.2, -0.15) is 0 Å². The lowest BCUT2D eigenvalue weighted by molar-refractivity contribution is -0.140. The Morgan fingerprint density at radius 1 is 1.05 bits per heavy atom. The maximum atomic E-state index is 13.6. The number of hydrogen-bond donors (Lipinski definition) is 2. The van der Waals surface area contributed by atoms with Crippen LogP contribution in [0.1, 0.15) is 33.5 Å². The van der Waals surface area contributed by atoms with E-state index in [0.29, 0.717) is 24.1 Å². The monoisotopic (exact) mass is 515 g/mol. The van der Waals surface area contributed by atoms with E-state index in [4.69, 9.17) is 0 Å². The van der Waals surface area contributed by atoms with Gasteiger partial charge in [0.25, 0.3) is 0 Å². The number of thioether (sulfide) groups is 1. The highest BCUT2D eigenvalue weighted by Gasteiger charge is 2.44. The van der Waals surface area contributed by atoms with Crippen molar-refractivity contribution in [2.24, 2.45) is 0 Å². The van der Waals surface area contributed by atoms with E-state index in [0.717, 1.165) is 28.5 Å². The molecule has 5 rings (SSSR count). The predicted molar refractivity (Wildman–Crippen MR) is 139 cm³/mol. The highest BCUT2D eigenvalue weighted by molar-refractivity contribution is 8.15. The number of para-hydroxylation sites is 1. The van der Waals surface area contributed by atoms with Crippen LogP contribution in [-0.4, -0.2) is 50.3 Å². The van der Waals surface area contributed by atoms with Crippen LogP contribution in [0.2, 0.25) is 0 Å². The van der Waals surface area contributed by atoms with Crippen molar-refractivity contribution >= 4 is 40.3 Å². The number of aryl methyl sites for hydroxylation is 1. The van der Waals surface area contributed by atoms with E-state index in [1.54, 1.807) is 18.3 Å². The molecule has 0 bridgehead atoms. The molecule has 2 aromatic carbocycles. The van der Waals surface area contributed by atoms with Gasteiger partial charge in [-0.3, -0.25) is 24.3 Å². The Balaban J connectivity index is 1.39. The van der Waals surface area contributed by atoms with Gasteiger partial charge in [0.1, 0.15) is 12.1 Å². The normalized spacial score (nSPS) is 19.0. The van der Waals surface area contributed by atoms with Crippen LogP contribution in [0.15, 0.2) is 73.1 Å². The van der Waals surface area contributed by atoms with Crippen molar-refractivity contribution in [1.82, 2.24) is 10.3 Å². The molecule has 1 aromatic heterocycles. The Kier molecular flexibility index (Phi) is 7.05. The number of carboxylic acid groups (broad SMARTS) is 1. The van der Waals surface area contributed by atoms with E-state index in [1.807, 2.05) is 48.5 Å². The largest absolute Gasteiger partial charge is 0.480 e. The second-order valence-electron chi connectivity index (χ2n) is 9.12. The van der Waals surface area contributed by atoms with Crippen LogP contribution in [-0.2, 0) is 33.6 Å². The van der Waals surface area contributed by atoms with Crippen LogP contribution >= 0.6 is 11.8 Å². The molecule has 0 aliphatic carbocycles. The molecule has 9 heteroatoms. The molecule has 0 saturated carbocycles. The number of benzene rings is 2. The van der Waals surface area contributed by atoms with Crippen molar-refractivity contribution in [3.8, 4) is 0 Å². The Bertz CT molecular complexity index is 1350. The number of rotatable bonds is 7. The van der Waals surface area contributed by atoms with Crippen LogP contribution < -0.4 is 10.2 Å². The molecule has 3 atom stereocenters. The van der Waals surface area contributed by atoms with Gasteiger partial charge in [0.15, 0.2) is 0 Å². The summed E-state index contributed by atoms with van der Waals surface area (Å²) in [5.41, 5.74) is 3.63. The summed E-state index contributed by atoms with van der Waals surface area (Å²) >= 11 is 0.895. The molecule has 2 amide bonds. The molecule has 1 unspecified atom stereocenters. The van der Waals surface area contributed by atoms with Crippen molar-refractivity contribution in [3.05, 3.63) is 95.3 Å². The first-order valence-electron chi connectivity index (χ1n) is 12.0. The van der Waals surface area contributed by atoms with Crippen molar-refractivity contribution in [3.63, 3.8) is 0 Å². The molecule has 3 aromatic rings. The van der Waals surface area contributed by atoms with Gasteiger partial charge in [-0.1, -0.05) is 60.3 Å². The fraction of sp³-hybridized carbons (Fsp3) is 0.250. The second-order valence-corrected chi connectivity index (χ2v) is 10.3. The quantitative estimate of drug-likeness (QED) is 0.497. The summed E-state index contributed by atoms with van der Waals surface area (Å²) in [5, 5.41) is 11.6. The maximum Gasteiger partial charge on any atom is 0.327 e. The number of aliphatic carboxylic acids is 1. The predicted octanol–water partition coefficient (Wildman–Crippen LogP) is 3.04. The molecular weight excluding hydrogens is 490 g/mol. The summed E-state index contributed by atoms with van der Waals surface area (Å²) in [4.78, 5) is 57.4. The van der Waals surface area contributed by atoms with Crippen LogP contribution in [0.25, 0.3) is 0 Å². The Hall–Kier alpha value is -3.98. The van der Waals surface area contributed by atoms with Crippen LogP contribution in [0.5, 0.6) is 0 Å². The SMILES string of the molecule is O=C(S[C@@H](Cc1ccccc1)C(=O)NC1CCc2cccc3c2N(C1=O)[C@H](C(=O)O)C3)c1cccnc1. The summed E-state index contributed by atoms with van der Waals surface area (Å²) in [7, 11) is 0. The Morgan fingerprint density at radius 2 is 1.84 bits per heavy atom. The van der Waals surface area contributed by atoms with E-state index in [1.165, 1.54) is 11.1 Å². The molecule has 0 fully saturated rings. The van der Waals surface area contributed by atoms with E-state index in [2.05, 4.69) is 10.3 Å². The Labute approximate surface area is 218 Å². The number of hydrogen-bond acceptors (Lipinski definition) is 6. The average Bonchev–Trinajstić information content (AvgIpc) is 3.26. The maximum absolute atomic E-state index is 13.6. The fourth-order valence-corrected chi connectivity index (χ4v) is 5.89. The van der Waals surface area contributed by atoms with Crippen LogP contribution in [0.4, 0.5) is 5.69 Å². The average molecular weight is 516 g/mol. The third kappa shape index (κ3) is 5.13. The van der Waals surface area contributed by atoms with Gasteiger partial charge in [-0.15, -0.1) is 0 Å². The van der Waals surface area contributed by atoms with E-state index in [-0.39, 0.29) is 18.0 Å². The van der Waals surface area contributed by atoms with Crippen LogP contribution in [0.3, 0.4) is 0 Å². The number of pyridine rings is 1. The highest BCUT2D eigenvalue weighted by atomic mass is 32.2. The minimum Gasteiger partial charge on any atom is -0.480 e. The van der Waals surface area contributed by atoms with Crippen molar-refractivity contribution in [1.29, 1.82) is 0 Å². The third-order valence-electron chi connectivity index (χ3n) is 6.71. The topological polar surface area (TPSA) is 117 Å². The third-order valence-corrected chi connectivity index (χ3v) is 7.83. The molecule has 188 valence electrons. The number of nitrogens with one attached hydrogen (secondary N) is 1. The zero-order valence-corrected chi connectivity index (χ0v) is 20.7. The summed E-state index contributed by atoms with van der Waals surface area (Å²) in [6, 6.07) is 16.4. The number of anilines is 1. The molecule has 2 aliphatic heterocycles. The molecule has 3 heterocycles. The van der Waals surface area contributed by atoms with Gasteiger partial charge in [0, 0.05) is 24.4 Å². The lowest BCUT2D eigenvalue weighted by Crippen LogP contribution is -2.53. The zero-order valence-electron chi connectivity index (χ0n) is 19.9. The summed E-state index contributed by atoms with van der Waals surface area (Å²) in [6.45, 7) is 0. The number of carbonyl (C=O) groups excluding carboxylic acids is 3. The zero-order chi connectivity index (χ0) is 25.9.